The quantitative estimate of drug-likeness (QED) is 0.770. The molecule has 0 aromatic carbocycles. The number of nitrogens with one attached hydrogen (secondary N) is 1. The van der Waals surface area contributed by atoms with E-state index in [0.29, 0.717) is 12.8 Å². The van der Waals surface area contributed by atoms with Crippen molar-refractivity contribution in [3.05, 3.63) is 0 Å². The molecule has 0 unspecified atom stereocenters. The van der Waals surface area contributed by atoms with Gasteiger partial charge in [-0.05, 0) is 12.8 Å². The molecular formula is C11H20F3N. The minimum absolute atomic E-state index is 0.116. The summed E-state index contributed by atoms with van der Waals surface area (Å²) in [6.45, 7) is 3.82. The smallest absolute Gasteiger partial charge is 0.309 e. The van der Waals surface area contributed by atoms with Crippen LogP contribution >= 0.6 is 0 Å². The molecule has 0 radical (unpaired) electrons. The van der Waals surface area contributed by atoms with E-state index in [1.54, 1.807) is 0 Å². The summed E-state index contributed by atoms with van der Waals surface area (Å²) in [6.07, 6.45) is -0.530. The maximum atomic E-state index is 12.5. The van der Waals surface area contributed by atoms with E-state index < -0.39 is 18.1 Å². The van der Waals surface area contributed by atoms with Crippen LogP contribution in [0.25, 0.3) is 0 Å². The minimum Gasteiger partial charge on any atom is -0.309 e. The Morgan fingerprint density at radius 2 is 1.67 bits per heavy atom. The molecule has 0 spiro atoms. The van der Waals surface area contributed by atoms with Crippen LogP contribution in [-0.2, 0) is 0 Å². The van der Waals surface area contributed by atoms with Crippen molar-refractivity contribution in [1.82, 2.24) is 5.32 Å². The highest BCUT2D eigenvalue weighted by Gasteiger charge is 2.42. The molecule has 1 aliphatic rings. The van der Waals surface area contributed by atoms with Crippen LogP contribution in [0.5, 0.6) is 0 Å². The van der Waals surface area contributed by atoms with E-state index in [1.165, 1.54) is 0 Å². The summed E-state index contributed by atoms with van der Waals surface area (Å²) >= 11 is 0. The van der Waals surface area contributed by atoms with Gasteiger partial charge in [0.2, 0.25) is 0 Å². The number of alkyl halides is 3. The summed E-state index contributed by atoms with van der Waals surface area (Å²) in [6, 6.07) is 0.116. The highest BCUT2D eigenvalue weighted by Crippen LogP contribution is 2.37. The zero-order valence-corrected chi connectivity index (χ0v) is 9.45. The zero-order chi connectivity index (χ0) is 11.5. The van der Waals surface area contributed by atoms with Gasteiger partial charge < -0.3 is 5.32 Å². The number of halogens is 3. The molecule has 1 nitrogen and oxygen atoms in total. The van der Waals surface area contributed by atoms with Gasteiger partial charge in [-0.25, -0.2) is 0 Å². The van der Waals surface area contributed by atoms with Crippen molar-refractivity contribution in [1.29, 1.82) is 0 Å². The summed E-state index contributed by atoms with van der Waals surface area (Å²) < 4.78 is 37.5. The van der Waals surface area contributed by atoms with E-state index in [4.69, 9.17) is 0 Å². The molecular weight excluding hydrogens is 203 g/mol. The van der Waals surface area contributed by atoms with Crippen LogP contribution in [0.2, 0.25) is 0 Å². The van der Waals surface area contributed by atoms with Crippen LogP contribution in [-0.4, -0.2) is 17.8 Å². The first-order valence-corrected chi connectivity index (χ1v) is 5.67. The first-order chi connectivity index (χ1) is 6.83. The molecule has 0 aromatic rings. The zero-order valence-electron chi connectivity index (χ0n) is 9.45. The monoisotopic (exact) mass is 223 g/mol. The molecule has 0 amide bonds. The van der Waals surface area contributed by atoms with Gasteiger partial charge in [0.05, 0.1) is 6.42 Å². The number of hydrogen-bond acceptors (Lipinski definition) is 1. The second-order valence-electron chi connectivity index (χ2n) is 4.93. The predicted molar refractivity (Wildman–Crippen MR) is 54.8 cm³/mol. The average molecular weight is 223 g/mol. The molecule has 1 N–H and O–H groups in total. The van der Waals surface area contributed by atoms with Crippen LogP contribution in [0.1, 0.15) is 52.4 Å². The van der Waals surface area contributed by atoms with Crippen molar-refractivity contribution in [2.75, 3.05) is 0 Å². The Bertz CT molecular complexity index is 192. The largest absolute Gasteiger partial charge is 0.390 e. The third-order valence-corrected chi connectivity index (χ3v) is 2.94. The van der Waals surface area contributed by atoms with E-state index in [-0.39, 0.29) is 6.04 Å². The van der Waals surface area contributed by atoms with Gasteiger partial charge >= 0.3 is 6.18 Å². The highest BCUT2D eigenvalue weighted by molar-refractivity contribution is 4.93. The number of rotatable bonds is 3. The molecule has 1 saturated carbocycles. The molecule has 1 rings (SSSR count). The molecule has 0 atom stereocenters. The Kier molecular flexibility index (Phi) is 4.04. The summed E-state index contributed by atoms with van der Waals surface area (Å²) in [5.41, 5.74) is -0.690. The SMILES string of the molecule is CC(C)NC1(CC(F)(F)F)CCCCC1. The molecule has 15 heavy (non-hydrogen) atoms. The van der Waals surface area contributed by atoms with Crippen molar-refractivity contribution in [3.8, 4) is 0 Å². The van der Waals surface area contributed by atoms with E-state index in [1.807, 2.05) is 13.8 Å². The van der Waals surface area contributed by atoms with Crippen molar-refractivity contribution in [2.24, 2.45) is 0 Å². The summed E-state index contributed by atoms with van der Waals surface area (Å²) in [4.78, 5) is 0. The summed E-state index contributed by atoms with van der Waals surface area (Å²) in [5.74, 6) is 0. The molecule has 0 bridgehead atoms. The Balaban J connectivity index is 2.66. The van der Waals surface area contributed by atoms with Gasteiger partial charge in [0.25, 0.3) is 0 Å². The Morgan fingerprint density at radius 1 is 1.13 bits per heavy atom. The first kappa shape index (κ1) is 12.8. The average Bonchev–Trinajstić information content (AvgIpc) is 1.99. The van der Waals surface area contributed by atoms with Crippen molar-refractivity contribution in [3.63, 3.8) is 0 Å². The van der Waals surface area contributed by atoms with Gasteiger partial charge in [0.1, 0.15) is 0 Å². The van der Waals surface area contributed by atoms with Gasteiger partial charge in [-0.2, -0.15) is 13.2 Å². The van der Waals surface area contributed by atoms with Gasteiger partial charge in [-0.15, -0.1) is 0 Å². The highest BCUT2D eigenvalue weighted by atomic mass is 19.4. The van der Waals surface area contributed by atoms with Crippen molar-refractivity contribution in [2.45, 2.75) is 70.1 Å². The normalized spacial score (nSPS) is 22.0. The molecule has 0 aromatic heterocycles. The molecule has 1 fully saturated rings. The third-order valence-electron chi connectivity index (χ3n) is 2.94. The lowest BCUT2D eigenvalue weighted by Crippen LogP contribution is -2.52. The molecule has 0 aliphatic heterocycles. The van der Waals surface area contributed by atoms with Crippen LogP contribution in [0, 0.1) is 0 Å². The minimum atomic E-state index is -4.06. The van der Waals surface area contributed by atoms with Gasteiger partial charge in [0.15, 0.2) is 0 Å². The molecule has 90 valence electrons. The Morgan fingerprint density at radius 3 is 2.07 bits per heavy atom. The van der Waals surface area contributed by atoms with E-state index in [9.17, 15) is 13.2 Å². The lowest BCUT2D eigenvalue weighted by Gasteiger charge is -2.40. The van der Waals surface area contributed by atoms with Gasteiger partial charge in [0, 0.05) is 11.6 Å². The van der Waals surface area contributed by atoms with E-state index >= 15 is 0 Å². The molecule has 0 saturated heterocycles. The second-order valence-corrected chi connectivity index (χ2v) is 4.93. The molecule has 1 aliphatic carbocycles. The van der Waals surface area contributed by atoms with Gasteiger partial charge in [-0.3, -0.25) is 0 Å². The van der Waals surface area contributed by atoms with E-state index in [2.05, 4.69) is 5.32 Å². The third kappa shape index (κ3) is 4.41. The standard InChI is InChI=1S/C11H20F3N/c1-9(2)15-10(8-11(12,13)14)6-4-3-5-7-10/h9,15H,3-8H2,1-2H3. The molecule has 4 heteroatoms. The topological polar surface area (TPSA) is 12.0 Å². The fraction of sp³-hybridized carbons (Fsp3) is 1.00. The maximum Gasteiger partial charge on any atom is 0.390 e. The lowest BCUT2D eigenvalue weighted by molar-refractivity contribution is -0.154. The summed E-state index contributed by atoms with van der Waals surface area (Å²) in [5, 5.41) is 3.13. The van der Waals surface area contributed by atoms with Crippen LogP contribution in [0.4, 0.5) is 13.2 Å². The Hall–Kier alpha value is -0.250. The fourth-order valence-corrected chi connectivity index (χ4v) is 2.60. The Labute approximate surface area is 89.4 Å². The maximum absolute atomic E-state index is 12.5. The van der Waals surface area contributed by atoms with Gasteiger partial charge in [-0.1, -0.05) is 33.1 Å². The molecule has 0 heterocycles. The lowest BCUT2D eigenvalue weighted by atomic mass is 9.78. The van der Waals surface area contributed by atoms with Crippen LogP contribution in [0.15, 0.2) is 0 Å². The van der Waals surface area contributed by atoms with Crippen LogP contribution < -0.4 is 5.32 Å². The predicted octanol–water partition coefficient (Wildman–Crippen LogP) is 3.64. The van der Waals surface area contributed by atoms with E-state index in [0.717, 1.165) is 19.3 Å². The first-order valence-electron chi connectivity index (χ1n) is 5.67. The van der Waals surface area contributed by atoms with Crippen molar-refractivity contribution < 1.29 is 13.2 Å². The number of hydrogen-bond donors (Lipinski definition) is 1. The fourth-order valence-electron chi connectivity index (χ4n) is 2.60. The van der Waals surface area contributed by atoms with Crippen LogP contribution in [0.3, 0.4) is 0 Å². The summed E-state index contributed by atoms with van der Waals surface area (Å²) in [7, 11) is 0. The van der Waals surface area contributed by atoms with Crippen molar-refractivity contribution >= 4 is 0 Å². The second kappa shape index (κ2) is 4.73.